The summed E-state index contributed by atoms with van der Waals surface area (Å²) in [6, 6.07) is 21.3. The Kier molecular flexibility index (Phi) is 8.74. The van der Waals surface area contributed by atoms with Gasteiger partial charge < -0.3 is 9.47 Å². The monoisotopic (exact) mass is 698 g/mol. The zero-order chi connectivity index (χ0) is 38.1. The summed E-state index contributed by atoms with van der Waals surface area (Å²) in [4.78, 5) is 0. The van der Waals surface area contributed by atoms with E-state index in [1.54, 1.807) is 36.4 Å². The molecule has 0 N–H and O–H groups in total. The third-order valence-corrected chi connectivity index (χ3v) is 7.62. The van der Waals surface area contributed by atoms with Gasteiger partial charge in [-0.3, -0.25) is 0 Å². The molecule has 0 bridgehead atoms. The lowest BCUT2D eigenvalue weighted by Crippen LogP contribution is -2.18. The maximum atomic E-state index is 13.6. The van der Waals surface area contributed by atoms with Gasteiger partial charge in [0.15, 0.2) is 0 Å². The van der Waals surface area contributed by atoms with Gasteiger partial charge in [0.2, 0.25) is 0 Å². The Labute approximate surface area is 288 Å². The van der Waals surface area contributed by atoms with E-state index in [2.05, 4.69) is 9.47 Å². The van der Waals surface area contributed by atoms with Crippen LogP contribution >= 0.6 is 0 Å². The Morgan fingerprint density at radius 1 is 0.442 bits per heavy atom. The van der Waals surface area contributed by atoms with Crippen LogP contribution in [-0.2, 0) is 0 Å². The van der Waals surface area contributed by atoms with Crippen LogP contribution in [0.1, 0.15) is 44.5 Å². The zero-order valence-electron chi connectivity index (χ0n) is 25.3. The van der Waals surface area contributed by atoms with Gasteiger partial charge in [0.25, 0.3) is 0 Å². The van der Waals surface area contributed by atoms with Crippen LogP contribution in [0.15, 0.2) is 59.7 Å². The first-order valence-electron chi connectivity index (χ1n) is 13.9. The molecule has 3 aromatic rings. The van der Waals surface area contributed by atoms with E-state index in [9.17, 15) is 68.4 Å². The molecule has 0 heterocycles. The fraction of sp³-hybridized carbons (Fsp3) is 0.0556. The van der Waals surface area contributed by atoms with E-state index in [-0.39, 0.29) is 33.4 Å². The van der Waals surface area contributed by atoms with Crippen molar-refractivity contribution in [2.45, 2.75) is 12.7 Å². The summed E-state index contributed by atoms with van der Waals surface area (Å²) in [7, 11) is 0. The molecule has 0 fully saturated rings. The van der Waals surface area contributed by atoms with Crippen molar-refractivity contribution in [3.05, 3.63) is 104 Å². The highest BCUT2D eigenvalue weighted by molar-refractivity contribution is 6.30. The maximum Gasteiger partial charge on any atom is 0.573 e. The van der Waals surface area contributed by atoms with Crippen molar-refractivity contribution in [1.82, 2.24) is 0 Å². The minimum Gasteiger partial charge on any atom is -0.405 e. The lowest BCUT2D eigenvalue weighted by atomic mass is 9.88. The van der Waals surface area contributed by atoms with E-state index in [1.165, 1.54) is 0 Å². The highest BCUT2D eigenvalue weighted by Crippen LogP contribution is 2.56. The number of halogens is 6. The van der Waals surface area contributed by atoms with Crippen molar-refractivity contribution >= 4 is 33.4 Å². The summed E-state index contributed by atoms with van der Waals surface area (Å²) in [5, 5.41) is 79.3. The number of alkyl halides is 6. The Balaban J connectivity index is 1.95. The van der Waals surface area contributed by atoms with Crippen molar-refractivity contribution in [2.75, 3.05) is 0 Å². The average Bonchev–Trinajstić information content (AvgIpc) is 3.58. The molecule has 0 spiro atoms. The van der Waals surface area contributed by atoms with E-state index in [4.69, 9.17) is 0 Å². The van der Waals surface area contributed by atoms with E-state index in [0.717, 1.165) is 48.5 Å². The number of allylic oxidation sites excluding steroid dienone is 8. The predicted octanol–water partition coefficient (Wildman–Crippen LogP) is 7.72. The highest BCUT2D eigenvalue weighted by Gasteiger charge is 2.41. The van der Waals surface area contributed by atoms with Gasteiger partial charge in [-0.25, -0.2) is 0 Å². The number of rotatable bonds is 4. The summed E-state index contributed by atoms with van der Waals surface area (Å²) >= 11 is 0. The first-order chi connectivity index (χ1) is 24.7. The van der Waals surface area contributed by atoms with Gasteiger partial charge in [-0.15, -0.1) is 26.3 Å². The lowest BCUT2D eigenvalue weighted by molar-refractivity contribution is -0.275. The second-order valence-electron chi connectivity index (χ2n) is 10.4. The van der Waals surface area contributed by atoms with Crippen LogP contribution in [0.2, 0.25) is 0 Å². The molecular weight excluding hydrogens is 690 g/mol. The van der Waals surface area contributed by atoms with Crippen molar-refractivity contribution in [3.8, 4) is 60.1 Å². The first kappa shape index (κ1) is 35.0. The molecule has 2 aliphatic rings. The van der Waals surface area contributed by atoms with Gasteiger partial charge in [-0.05, 0) is 59.7 Å². The summed E-state index contributed by atoms with van der Waals surface area (Å²) in [5.41, 5.74) is -6.17. The van der Waals surface area contributed by atoms with Gasteiger partial charge >= 0.3 is 12.7 Å². The Hall–Kier alpha value is -8.28. The number of ether oxygens (including phenoxy) is 2. The Morgan fingerprint density at radius 3 is 1.08 bits per heavy atom. The van der Waals surface area contributed by atoms with Crippen LogP contribution in [0.4, 0.5) is 26.3 Å². The van der Waals surface area contributed by atoms with Crippen LogP contribution in [-0.4, -0.2) is 12.7 Å². The minimum atomic E-state index is -5.31. The minimum absolute atomic E-state index is 0.160. The van der Waals surface area contributed by atoms with Crippen molar-refractivity contribution < 1.29 is 35.8 Å². The van der Waals surface area contributed by atoms with Crippen molar-refractivity contribution in [1.29, 1.82) is 42.1 Å². The van der Waals surface area contributed by atoms with Crippen LogP contribution in [0, 0.1) is 90.6 Å². The van der Waals surface area contributed by atoms with Gasteiger partial charge in [0, 0.05) is 44.5 Å². The van der Waals surface area contributed by atoms with E-state index >= 15 is 0 Å². The average molecular weight is 699 g/mol. The van der Waals surface area contributed by atoms with Crippen LogP contribution < -0.4 is 9.47 Å². The summed E-state index contributed by atoms with van der Waals surface area (Å²) < 4.78 is 89.7. The second-order valence-corrected chi connectivity index (χ2v) is 10.4. The van der Waals surface area contributed by atoms with Crippen LogP contribution in [0.5, 0.6) is 11.5 Å². The fourth-order valence-electron chi connectivity index (χ4n) is 5.79. The molecule has 0 aliphatic heterocycles. The molecule has 3 aromatic carbocycles. The molecule has 0 atom stereocenters. The first-order valence-corrected chi connectivity index (χ1v) is 13.9. The normalized spacial score (nSPS) is 12.8. The SMILES string of the molecule is N#CC(C#N)=C1C(c2ccc(C#N)cc2OC(F)(F)F)=C(C#N)c2cc3c(cc21)C(=C(C#N)C#N)C(c1ccc(C#N)cc1OC(F)(F)F)=C3C#N. The fourth-order valence-corrected chi connectivity index (χ4v) is 5.79. The smallest absolute Gasteiger partial charge is 0.405 e. The summed E-state index contributed by atoms with van der Waals surface area (Å²) in [5.74, 6) is -1.95. The molecule has 0 saturated carbocycles. The number of hydrogen-bond donors (Lipinski definition) is 0. The molecule has 52 heavy (non-hydrogen) atoms. The molecule has 5 rings (SSSR count). The number of fused-ring (bicyclic) bond motifs is 2. The lowest BCUT2D eigenvalue weighted by Gasteiger charge is -2.17. The third-order valence-electron chi connectivity index (χ3n) is 7.62. The molecule has 0 unspecified atom stereocenters. The molecule has 10 nitrogen and oxygen atoms in total. The van der Waals surface area contributed by atoms with E-state index in [0.29, 0.717) is 0 Å². The van der Waals surface area contributed by atoms with Gasteiger partial charge in [-0.1, -0.05) is 0 Å². The molecule has 2 aliphatic carbocycles. The molecular formula is C36H8F6N8O2. The predicted molar refractivity (Wildman–Crippen MR) is 163 cm³/mol. The third kappa shape index (κ3) is 5.96. The largest absolute Gasteiger partial charge is 0.573 e. The summed E-state index contributed by atoms with van der Waals surface area (Å²) in [6.07, 6.45) is -10.6. The van der Waals surface area contributed by atoms with Crippen molar-refractivity contribution in [3.63, 3.8) is 0 Å². The molecule has 16 heteroatoms. The highest BCUT2D eigenvalue weighted by atomic mass is 19.4. The number of benzene rings is 3. The quantitative estimate of drug-likeness (QED) is 0.191. The van der Waals surface area contributed by atoms with Crippen LogP contribution in [0.25, 0.3) is 33.4 Å². The standard InChI is InChI=1S/C36H8F6N8O2/c37-35(38,39)51-29-5-17(9-43)1-3-21(29)33-27(15-49)23-7-24-26(8-25(23)31(33)19(11-45)12-46)32(20(13-47)14-48)34(28(24)16-50)22-4-2-18(10-44)6-30(22)52-36(40,41)42/h1-8H. The number of nitrogens with zero attached hydrogens (tertiary/aromatic N) is 8. The topological polar surface area (TPSA) is 209 Å². The number of nitriles is 8. The van der Waals surface area contributed by atoms with Gasteiger partial charge in [-0.2, -0.15) is 42.1 Å². The Morgan fingerprint density at radius 2 is 0.788 bits per heavy atom. The zero-order valence-corrected chi connectivity index (χ0v) is 25.3. The van der Waals surface area contributed by atoms with Gasteiger partial charge in [0.05, 0.1) is 34.4 Å². The number of hydrogen-bond acceptors (Lipinski definition) is 10. The molecule has 0 amide bonds. The van der Waals surface area contributed by atoms with E-state index < -0.39 is 79.9 Å². The van der Waals surface area contributed by atoms with E-state index in [1.807, 2.05) is 12.1 Å². The maximum absolute atomic E-state index is 13.6. The summed E-state index contributed by atoms with van der Waals surface area (Å²) in [6.45, 7) is 0. The molecule has 0 aromatic heterocycles. The van der Waals surface area contributed by atoms with Gasteiger partial charge in [0.1, 0.15) is 59.1 Å². The molecule has 246 valence electrons. The van der Waals surface area contributed by atoms with Crippen molar-refractivity contribution in [2.24, 2.45) is 0 Å². The molecule has 0 radical (unpaired) electrons. The van der Waals surface area contributed by atoms with Crippen LogP contribution in [0.3, 0.4) is 0 Å². The Bertz CT molecular complexity index is 2430. The second kappa shape index (κ2) is 13.0. The molecule has 0 saturated heterocycles.